The number of hydrogen-bond donors (Lipinski definition) is 1. The van der Waals surface area contributed by atoms with Crippen molar-refractivity contribution in [3.8, 4) is 11.1 Å². The molecule has 0 aliphatic carbocycles. The van der Waals surface area contributed by atoms with Crippen molar-refractivity contribution < 1.29 is 0 Å². The number of hydrogen-bond acceptors (Lipinski definition) is 2. The quantitative estimate of drug-likeness (QED) is 0.825. The van der Waals surface area contributed by atoms with Gasteiger partial charge in [-0.1, -0.05) is 54.6 Å². The second-order valence-electron chi connectivity index (χ2n) is 5.46. The maximum atomic E-state index is 4.05. The minimum Gasteiger partial charge on any atom is -0.314 e. The molecule has 0 amide bonds. The Morgan fingerprint density at radius 1 is 0.913 bits per heavy atom. The molecule has 2 aromatic rings. The van der Waals surface area contributed by atoms with Crippen LogP contribution in [0.4, 0.5) is 0 Å². The highest BCUT2D eigenvalue weighted by Gasteiger charge is 2.19. The van der Waals surface area contributed by atoms with Gasteiger partial charge in [-0.3, -0.25) is 4.90 Å². The van der Waals surface area contributed by atoms with E-state index in [2.05, 4.69) is 77.5 Å². The molecule has 1 atom stereocenters. The first kappa shape index (κ1) is 19.7. The molecule has 2 nitrogen and oxygen atoms in total. The van der Waals surface area contributed by atoms with Gasteiger partial charge in [0, 0.05) is 26.2 Å². The van der Waals surface area contributed by atoms with E-state index >= 15 is 0 Å². The Morgan fingerprint density at radius 2 is 1.57 bits per heavy atom. The van der Waals surface area contributed by atoms with E-state index in [0.717, 1.165) is 26.2 Å². The maximum absolute atomic E-state index is 4.05. The highest BCUT2D eigenvalue weighted by atomic mass is 35.5. The molecule has 4 heteroatoms. The number of piperazine rings is 1. The number of nitrogens with one attached hydrogen (secondary N) is 1. The molecule has 1 aliphatic heterocycles. The number of rotatable bonds is 4. The molecule has 23 heavy (non-hydrogen) atoms. The molecule has 3 rings (SSSR count). The van der Waals surface area contributed by atoms with Crippen molar-refractivity contribution in [1.82, 2.24) is 10.2 Å². The maximum Gasteiger partial charge on any atom is 0.0530 e. The van der Waals surface area contributed by atoms with Crippen LogP contribution in [-0.4, -0.2) is 31.1 Å². The lowest BCUT2D eigenvalue weighted by atomic mass is 9.98. The fourth-order valence-electron chi connectivity index (χ4n) is 2.99. The summed E-state index contributed by atoms with van der Waals surface area (Å²) in [5.41, 5.74) is 3.87. The van der Waals surface area contributed by atoms with E-state index < -0.39 is 0 Å². The second-order valence-corrected chi connectivity index (χ2v) is 5.46. The summed E-state index contributed by atoms with van der Waals surface area (Å²) in [6, 6.07) is 19.7. The third-order valence-corrected chi connectivity index (χ3v) is 4.10. The molecule has 2 aromatic carbocycles. The first-order valence-electron chi connectivity index (χ1n) is 7.61. The molecule has 0 unspecified atom stereocenters. The molecular weight excluding hydrogens is 327 g/mol. The van der Waals surface area contributed by atoms with E-state index in [9.17, 15) is 0 Å². The summed E-state index contributed by atoms with van der Waals surface area (Å²) < 4.78 is 0. The van der Waals surface area contributed by atoms with Crippen LogP contribution >= 0.6 is 24.8 Å². The van der Waals surface area contributed by atoms with Crippen molar-refractivity contribution in [1.29, 1.82) is 0 Å². The Labute approximate surface area is 151 Å². The summed E-state index contributed by atoms with van der Waals surface area (Å²) in [6.45, 7) is 8.32. The molecular formula is C19H24Cl2N2. The van der Waals surface area contributed by atoms with Gasteiger partial charge in [-0.2, -0.15) is 0 Å². The summed E-state index contributed by atoms with van der Waals surface area (Å²) >= 11 is 0. The standard InChI is InChI=1S/C19H22N2.2ClH/c1-2-19(21-13-11-20-12-14-21)18-10-6-9-17(15-18)16-7-4-3-5-8-16;;/h2-10,15,19-20H,1,11-14H2;2*1H/t19-;;/m0../s1. The molecule has 1 N–H and O–H groups in total. The summed E-state index contributed by atoms with van der Waals surface area (Å²) in [4.78, 5) is 2.49. The molecule has 0 spiro atoms. The molecule has 0 radical (unpaired) electrons. The lowest BCUT2D eigenvalue weighted by Crippen LogP contribution is -2.44. The predicted octanol–water partition coefficient (Wildman–Crippen LogP) is 4.33. The average Bonchev–Trinajstić information content (AvgIpc) is 2.58. The minimum atomic E-state index is 0. The zero-order valence-corrected chi connectivity index (χ0v) is 14.8. The van der Waals surface area contributed by atoms with Gasteiger partial charge in [0.25, 0.3) is 0 Å². The second kappa shape index (κ2) is 9.74. The highest BCUT2D eigenvalue weighted by molar-refractivity contribution is 5.85. The van der Waals surface area contributed by atoms with Crippen LogP contribution in [0.2, 0.25) is 0 Å². The van der Waals surface area contributed by atoms with E-state index in [1.165, 1.54) is 16.7 Å². The van der Waals surface area contributed by atoms with Crippen molar-refractivity contribution in [2.45, 2.75) is 6.04 Å². The van der Waals surface area contributed by atoms with Crippen LogP contribution < -0.4 is 5.32 Å². The van der Waals surface area contributed by atoms with Crippen LogP contribution in [0.15, 0.2) is 67.3 Å². The van der Waals surface area contributed by atoms with Gasteiger partial charge in [-0.25, -0.2) is 0 Å². The van der Waals surface area contributed by atoms with Crippen LogP contribution in [0.3, 0.4) is 0 Å². The lowest BCUT2D eigenvalue weighted by Gasteiger charge is -2.33. The first-order valence-corrected chi connectivity index (χ1v) is 7.61. The Morgan fingerprint density at radius 3 is 2.22 bits per heavy atom. The van der Waals surface area contributed by atoms with Gasteiger partial charge in [-0.15, -0.1) is 31.4 Å². The van der Waals surface area contributed by atoms with Crippen molar-refractivity contribution in [3.05, 3.63) is 72.8 Å². The number of halogens is 2. The van der Waals surface area contributed by atoms with Crippen molar-refractivity contribution in [2.24, 2.45) is 0 Å². The Hall–Kier alpha value is -1.32. The van der Waals surface area contributed by atoms with Crippen molar-refractivity contribution in [2.75, 3.05) is 26.2 Å². The van der Waals surface area contributed by atoms with E-state index in [4.69, 9.17) is 0 Å². The van der Waals surface area contributed by atoms with E-state index in [1.54, 1.807) is 0 Å². The van der Waals surface area contributed by atoms with Crippen LogP contribution in [0.25, 0.3) is 11.1 Å². The Kier molecular flexibility index (Phi) is 8.35. The molecule has 0 aromatic heterocycles. The fourth-order valence-corrected chi connectivity index (χ4v) is 2.99. The fraction of sp³-hybridized carbons (Fsp3) is 0.263. The third kappa shape index (κ3) is 4.82. The third-order valence-electron chi connectivity index (χ3n) is 4.10. The molecule has 1 aliphatic rings. The van der Waals surface area contributed by atoms with Crippen LogP contribution in [0.5, 0.6) is 0 Å². The lowest BCUT2D eigenvalue weighted by molar-refractivity contribution is 0.203. The molecule has 1 heterocycles. The summed E-state index contributed by atoms with van der Waals surface area (Å²) in [5.74, 6) is 0. The Balaban J connectivity index is 0.00000132. The van der Waals surface area contributed by atoms with Crippen LogP contribution in [0, 0.1) is 0 Å². The smallest absolute Gasteiger partial charge is 0.0530 e. The highest BCUT2D eigenvalue weighted by Crippen LogP contribution is 2.27. The van der Waals surface area contributed by atoms with Crippen LogP contribution in [-0.2, 0) is 0 Å². The van der Waals surface area contributed by atoms with Crippen LogP contribution in [0.1, 0.15) is 11.6 Å². The van der Waals surface area contributed by atoms with Gasteiger partial charge in [0.1, 0.15) is 0 Å². The molecule has 1 fully saturated rings. The topological polar surface area (TPSA) is 15.3 Å². The molecule has 1 saturated heterocycles. The van der Waals surface area contributed by atoms with E-state index in [-0.39, 0.29) is 24.8 Å². The average molecular weight is 351 g/mol. The van der Waals surface area contributed by atoms with Gasteiger partial charge in [-0.05, 0) is 22.8 Å². The van der Waals surface area contributed by atoms with Crippen molar-refractivity contribution in [3.63, 3.8) is 0 Å². The summed E-state index contributed by atoms with van der Waals surface area (Å²) in [5, 5.41) is 3.41. The Bertz CT molecular complexity index is 595. The molecule has 0 bridgehead atoms. The largest absolute Gasteiger partial charge is 0.314 e. The zero-order valence-electron chi connectivity index (χ0n) is 13.2. The summed E-state index contributed by atoms with van der Waals surface area (Å²) in [6.07, 6.45) is 2.06. The predicted molar refractivity (Wildman–Crippen MR) is 104 cm³/mol. The van der Waals surface area contributed by atoms with Gasteiger partial charge in [0.05, 0.1) is 6.04 Å². The molecule has 124 valence electrons. The SMILES string of the molecule is C=C[C@@H](c1cccc(-c2ccccc2)c1)N1CCNCC1.Cl.Cl. The van der Waals surface area contributed by atoms with Gasteiger partial charge < -0.3 is 5.32 Å². The monoisotopic (exact) mass is 350 g/mol. The normalized spacial score (nSPS) is 15.8. The van der Waals surface area contributed by atoms with E-state index in [1.807, 2.05) is 0 Å². The number of benzene rings is 2. The summed E-state index contributed by atoms with van der Waals surface area (Å²) in [7, 11) is 0. The van der Waals surface area contributed by atoms with Gasteiger partial charge >= 0.3 is 0 Å². The van der Waals surface area contributed by atoms with Crippen molar-refractivity contribution >= 4 is 24.8 Å². The van der Waals surface area contributed by atoms with E-state index in [0.29, 0.717) is 6.04 Å². The molecule has 0 saturated carbocycles. The first-order chi connectivity index (χ1) is 10.4. The number of nitrogens with zero attached hydrogens (tertiary/aromatic N) is 1. The van der Waals surface area contributed by atoms with Gasteiger partial charge in [0.2, 0.25) is 0 Å². The minimum absolute atomic E-state index is 0. The zero-order chi connectivity index (χ0) is 14.5. The van der Waals surface area contributed by atoms with Gasteiger partial charge in [0.15, 0.2) is 0 Å².